The molecule has 6 aromatic carbocycles. The molecule has 0 bridgehead atoms. The third-order valence-corrected chi connectivity index (χ3v) is 9.83. The minimum Gasteiger partial charge on any atom is -0.342 e. The highest BCUT2D eigenvalue weighted by Gasteiger charge is 2.10. The Balaban J connectivity index is 0.964. The normalized spacial score (nSPS) is 11.7. The van der Waals surface area contributed by atoms with Gasteiger partial charge in [0.25, 0.3) is 0 Å². The maximum Gasteiger partial charge on any atom is 0.102 e. The predicted octanol–water partition coefficient (Wildman–Crippen LogP) is 6.51. The van der Waals surface area contributed by atoms with Gasteiger partial charge >= 0.3 is 0 Å². The van der Waals surface area contributed by atoms with Crippen LogP contribution in [0, 0.1) is 0 Å². The van der Waals surface area contributed by atoms with E-state index in [1.165, 1.54) is 65.7 Å². The lowest BCUT2D eigenvalue weighted by Crippen LogP contribution is -2.83. The summed E-state index contributed by atoms with van der Waals surface area (Å²) in [6.45, 7) is 4.33. The Hall–Kier alpha value is -3.02. The fourth-order valence-electron chi connectivity index (χ4n) is 5.53. The first kappa shape index (κ1) is 25.3. The van der Waals surface area contributed by atoms with Crippen LogP contribution in [0.5, 0.6) is 0 Å². The van der Waals surface area contributed by atoms with Gasteiger partial charge in [0.2, 0.25) is 0 Å². The highest BCUT2D eigenvalue weighted by atomic mass is 33.1. The fourth-order valence-corrected chi connectivity index (χ4v) is 7.58. The van der Waals surface area contributed by atoms with E-state index >= 15 is 0 Å². The van der Waals surface area contributed by atoms with E-state index in [2.05, 4.69) is 120 Å². The van der Waals surface area contributed by atoms with Gasteiger partial charge in [-0.1, -0.05) is 119 Å². The molecule has 0 fully saturated rings. The first-order valence-electron chi connectivity index (χ1n) is 13.5. The van der Waals surface area contributed by atoms with Crippen LogP contribution in [0.1, 0.15) is 11.1 Å². The standard InChI is InChI=1S/C34H32N2S2/c1-5-13-29-25(9-1)21-26-10-2-6-14-30(26)33(29)23-35-17-19-37-38-20-18-36-24-34-31-15-7-3-11-27(31)22-28-12-4-8-16-32(28)34/h1-16,21-22,35-36H,17-20,23-24H2/p+2. The van der Waals surface area contributed by atoms with E-state index in [9.17, 15) is 0 Å². The van der Waals surface area contributed by atoms with Crippen molar-refractivity contribution >= 4 is 64.7 Å². The molecule has 0 unspecified atom stereocenters. The van der Waals surface area contributed by atoms with Gasteiger partial charge in [-0.15, -0.1) is 0 Å². The summed E-state index contributed by atoms with van der Waals surface area (Å²) >= 11 is 0. The van der Waals surface area contributed by atoms with Crippen molar-refractivity contribution in [3.8, 4) is 0 Å². The molecule has 0 heterocycles. The number of hydrogen-bond donors (Lipinski definition) is 2. The topological polar surface area (TPSA) is 33.2 Å². The molecule has 38 heavy (non-hydrogen) atoms. The zero-order valence-electron chi connectivity index (χ0n) is 21.6. The first-order valence-corrected chi connectivity index (χ1v) is 16.0. The fraction of sp³-hybridized carbons (Fsp3) is 0.176. The summed E-state index contributed by atoms with van der Waals surface area (Å²) in [5.41, 5.74) is 2.93. The molecule has 0 saturated carbocycles. The second-order valence-corrected chi connectivity index (χ2v) is 12.5. The maximum atomic E-state index is 2.47. The van der Waals surface area contributed by atoms with Crippen molar-refractivity contribution < 1.29 is 10.6 Å². The molecular formula is C34H34N2S2+2. The van der Waals surface area contributed by atoms with Crippen LogP contribution in [0.4, 0.5) is 0 Å². The Morgan fingerprint density at radius 3 is 1.08 bits per heavy atom. The van der Waals surface area contributed by atoms with Gasteiger partial charge in [0, 0.05) is 11.1 Å². The molecule has 4 N–H and O–H groups in total. The maximum absolute atomic E-state index is 2.47. The second kappa shape index (κ2) is 12.2. The molecule has 0 aromatic heterocycles. The molecule has 0 aliphatic heterocycles. The summed E-state index contributed by atoms with van der Waals surface area (Å²) in [5.74, 6) is 2.34. The monoisotopic (exact) mass is 534 g/mol. The number of benzene rings is 6. The van der Waals surface area contributed by atoms with Crippen molar-refractivity contribution in [2.75, 3.05) is 24.6 Å². The SMILES string of the molecule is c1ccc2c(C[NH2+]CCSSCC[NH2+]Cc3c4ccccc4cc4ccccc34)c3ccccc3cc2c1. The zero-order valence-corrected chi connectivity index (χ0v) is 23.2. The minimum atomic E-state index is 1.03. The van der Waals surface area contributed by atoms with Crippen LogP contribution in [-0.2, 0) is 13.1 Å². The number of rotatable bonds is 11. The summed E-state index contributed by atoms with van der Waals surface area (Å²) in [7, 11) is 4.02. The summed E-state index contributed by atoms with van der Waals surface area (Å²) in [5, 5.41) is 15.9. The van der Waals surface area contributed by atoms with Gasteiger partial charge in [-0.3, -0.25) is 0 Å². The van der Waals surface area contributed by atoms with Gasteiger partial charge in [-0.2, -0.15) is 0 Å². The molecule has 0 spiro atoms. The van der Waals surface area contributed by atoms with E-state index in [1.54, 1.807) is 0 Å². The third kappa shape index (κ3) is 5.55. The number of hydrogen-bond acceptors (Lipinski definition) is 2. The van der Waals surface area contributed by atoms with E-state index < -0.39 is 0 Å². The van der Waals surface area contributed by atoms with Crippen LogP contribution in [0.25, 0.3) is 43.1 Å². The van der Waals surface area contributed by atoms with Gasteiger partial charge in [-0.05, 0) is 55.2 Å². The molecule has 0 aliphatic carbocycles. The van der Waals surface area contributed by atoms with Gasteiger partial charge < -0.3 is 10.6 Å². The quantitative estimate of drug-likeness (QED) is 0.113. The third-order valence-electron chi connectivity index (χ3n) is 7.36. The van der Waals surface area contributed by atoms with Crippen molar-refractivity contribution in [1.82, 2.24) is 0 Å². The molecule has 0 atom stereocenters. The van der Waals surface area contributed by atoms with Crippen LogP contribution in [-0.4, -0.2) is 24.6 Å². The molecule has 0 amide bonds. The Labute approximate surface area is 232 Å². The highest BCUT2D eigenvalue weighted by Crippen LogP contribution is 2.29. The van der Waals surface area contributed by atoms with E-state index in [0.29, 0.717) is 0 Å². The number of fused-ring (bicyclic) bond motifs is 4. The Bertz CT molecular complexity index is 1460. The smallest absolute Gasteiger partial charge is 0.102 e. The molecular weight excluding hydrogens is 501 g/mol. The van der Waals surface area contributed by atoms with E-state index in [0.717, 1.165) is 26.2 Å². The van der Waals surface area contributed by atoms with Crippen LogP contribution in [0.15, 0.2) is 109 Å². The van der Waals surface area contributed by atoms with Crippen molar-refractivity contribution in [1.29, 1.82) is 0 Å². The van der Waals surface area contributed by atoms with Crippen molar-refractivity contribution in [2.24, 2.45) is 0 Å². The van der Waals surface area contributed by atoms with Gasteiger partial charge in [0.05, 0.1) is 24.6 Å². The lowest BCUT2D eigenvalue weighted by molar-refractivity contribution is -0.666. The van der Waals surface area contributed by atoms with E-state index in [1.807, 2.05) is 21.6 Å². The predicted molar refractivity (Wildman–Crippen MR) is 169 cm³/mol. The number of nitrogens with two attached hydrogens (primary N) is 2. The van der Waals surface area contributed by atoms with Crippen LogP contribution >= 0.6 is 21.6 Å². The summed E-state index contributed by atoms with van der Waals surface area (Å²) in [4.78, 5) is 0. The molecule has 0 radical (unpaired) electrons. The average Bonchev–Trinajstić information content (AvgIpc) is 2.97. The molecule has 4 heteroatoms. The molecule has 6 aromatic rings. The van der Waals surface area contributed by atoms with E-state index in [-0.39, 0.29) is 0 Å². The summed E-state index contributed by atoms with van der Waals surface area (Å²) in [6.07, 6.45) is 0. The number of quaternary nitrogens is 2. The largest absolute Gasteiger partial charge is 0.342 e. The lowest BCUT2D eigenvalue weighted by Gasteiger charge is -2.11. The molecule has 190 valence electrons. The molecule has 0 aliphatic rings. The van der Waals surface area contributed by atoms with Gasteiger partial charge in [0.15, 0.2) is 0 Å². The van der Waals surface area contributed by atoms with E-state index in [4.69, 9.17) is 0 Å². The summed E-state index contributed by atoms with van der Waals surface area (Å²) < 4.78 is 0. The molecule has 0 saturated heterocycles. The average molecular weight is 535 g/mol. The first-order chi connectivity index (χ1) is 18.9. The van der Waals surface area contributed by atoms with Crippen molar-refractivity contribution in [3.05, 3.63) is 120 Å². The van der Waals surface area contributed by atoms with Crippen LogP contribution < -0.4 is 10.6 Å². The molecule has 2 nitrogen and oxygen atoms in total. The van der Waals surface area contributed by atoms with Crippen molar-refractivity contribution in [2.45, 2.75) is 13.1 Å². The van der Waals surface area contributed by atoms with Gasteiger partial charge in [0.1, 0.15) is 13.1 Å². The van der Waals surface area contributed by atoms with Crippen LogP contribution in [0.2, 0.25) is 0 Å². The minimum absolute atomic E-state index is 1.03. The Kier molecular flexibility index (Phi) is 8.13. The van der Waals surface area contributed by atoms with Crippen LogP contribution in [0.3, 0.4) is 0 Å². The van der Waals surface area contributed by atoms with Gasteiger partial charge in [-0.25, -0.2) is 0 Å². The Morgan fingerprint density at radius 2 is 0.737 bits per heavy atom. The highest BCUT2D eigenvalue weighted by molar-refractivity contribution is 8.76. The van der Waals surface area contributed by atoms with Crippen molar-refractivity contribution in [3.63, 3.8) is 0 Å². The molecule has 6 rings (SSSR count). The second-order valence-electron chi connectivity index (χ2n) is 9.80. The lowest BCUT2D eigenvalue weighted by atomic mass is 9.97. The zero-order chi connectivity index (χ0) is 25.6. The summed E-state index contributed by atoms with van der Waals surface area (Å²) in [6, 6.07) is 39.9. The Morgan fingerprint density at radius 1 is 0.421 bits per heavy atom.